The summed E-state index contributed by atoms with van der Waals surface area (Å²) in [5.74, 6) is 1.75. The maximum Gasteiger partial charge on any atom is 0.191 e. The van der Waals surface area contributed by atoms with Gasteiger partial charge >= 0.3 is 0 Å². The molecule has 0 saturated carbocycles. The average molecular weight is 498 g/mol. The molecule has 7 heteroatoms. The number of hydrogen-bond acceptors (Lipinski definition) is 4. The molecule has 2 aromatic rings. The number of rotatable bonds is 8. The van der Waals surface area contributed by atoms with E-state index in [0.29, 0.717) is 6.54 Å². The van der Waals surface area contributed by atoms with Gasteiger partial charge in [0.25, 0.3) is 0 Å². The first kappa shape index (κ1) is 22.7. The van der Waals surface area contributed by atoms with Crippen molar-refractivity contribution >= 4 is 29.9 Å². The number of guanidine groups is 1. The maximum atomic E-state index is 9.73. The normalized spacial score (nSPS) is 17.0. The molecule has 1 aliphatic heterocycles. The lowest BCUT2D eigenvalue weighted by Gasteiger charge is -2.27. The Morgan fingerprint density at radius 1 is 1.11 bits per heavy atom. The summed E-state index contributed by atoms with van der Waals surface area (Å²) in [6.45, 7) is 3.63. The van der Waals surface area contributed by atoms with Gasteiger partial charge in [-0.25, -0.2) is 0 Å². The van der Waals surface area contributed by atoms with Crippen molar-refractivity contribution in [1.29, 1.82) is 0 Å². The Morgan fingerprint density at radius 3 is 2.43 bits per heavy atom. The van der Waals surface area contributed by atoms with Crippen LogP contribution >= 0.6 is 24.0 Å². The number of benzene rings is 1. The van der Waals surface area contributed by atoms with E-state index in [-0.39, 0.29) is 42.5 Å². The minimum atomic E-state index is 0. The maximum absolute atomic E-state index is 9.73. The molecule has 3 N–H and O–H groups in total. The Bertz CT molecular complexity index is 688. The Morgan fingerprint density at radius 2 is 1.82 bits per heavy atom. The van der Waals surface area contributed by atoms with Crippen LogP contribution in [0, 0.1) is 0 Å². The molecule has 154 valence electrons. The summed E-state index contributed by atoms with van der Waals surface area (Å²) in [6, 6.07) is 14.2. The van der Waals surface area contributed by atoms with Gasteiger partial charge in [0.2, 0.25) is 0 Å². The molecule has 0 radical (unpaired) electrons. The number of aliphatic hydroxyl groups excluding tert-OH is 1. The molecule has 2 unspecified atom stereocenters. The van der Waals surface area contributed by atoms with E-state index in [2.05, 4.69) is 20.5 Å². The van der Waals surface area contributed by atoms with E-state index in [0.717, 1.165) is 36.9 Å². The summed E-state index contributed by atoms with van der Waals surface area (Å²) in [4.78, 5) is 6.79. The lowest BCUT2D eigenvalue weighted by Crippen LogP contribution is -2.44. The van der Waals surface area contributed by atoms with Crippen LogP contribution in [-0.4, -0.2) is 55.8 Å². The summed E-state index contributed by atoms with van der Waals surface area (Å²) in [5, 5.41) is 16.5. The molecule has 1 aliphatic rings. The van der Waals surface area contributed by atoms with Gasteiger partial charge in [0.15, 0.2) is 5.96 Å². The summed E-state index contributed by atoms with van der Waals surface area (Å²) in [7, 11) is 1.77. The van der Waals surface area contributed by atoms with Gasteiger partial charge in [0, 0.05) is 26.1 Å². The lowest BCUT2D eigenvalue weighted by atomic mass is 10.0. The first-order valence-corrected chi connectivity index (χ1v) is 9.69. The molecule has 0 bridgehead atoms. The van der Waals surface area contributed by atoms with E-state index in [1.54, 1.807) is 13.3 Å². The third-order valence-corrected chi connectivity index (χ3v) is 5.15. The zero-order chi connectivity index (χ0) is 18.9. The van der Waals surface area contributed by atoms with Crippen molar-refractivity contribution in [3.63, 3.8) is 0 Å². The largest absolute Gasteiger partial charge is 0.468 e. The fourth-order valence-electron chi connectivity index (χ4n) is 3.59. The van der Waals surface area contributed by atoms with Crippen LogP contribution in [0.2, 0.25) is 0 Å². The second-order valence-electron chi connectivity index (χ2n) is 6.90. The van der Waals surface area contributed by atoms with E-state index in [9.17, 15) is 5.11 Å². The fraction of sp³-hybridized carbons (Fsp3) is 0.476. The smallest absolute Gasteiger partial charge is 0.191 e. The molecular formula is C21H31IN4O2. The number of nitrogens with one attached hydrogen (secondary N) is 2. The minimum absolute atomic E-state index is 0. The molecule has 1 aromatic carbocycles. The van der Waals surface area contributed by atoms with Crippen LogP contribution in [0.4, 0.5) is 0 Å². The van der Waals surface area contributed by atoms with Crippen LogP contribution in [0.15, 0.2) is 58.1 Å². The third kappa shape index (κ3) is 6.22. The van der Waals surface area contributed by atoms with Crippen molar-refractivity contribution in [2.45, 2.75) is 24.8 Å². The zero-order valence-corrected chi connectivity index (χ0v) is 18.7. The van der Waals surface area contributed by atoms with E-state index in [4.69, 9.17) is 4.42 Å². The van der Waals surface area contributed by atoms with E-state index < -0.39 is 0 Å². The summed E-state index contributed by atoms with van der Waals surface area (Å²) in [5.41, 5.74) is 1.12. The molecular weight excluding hydrogens is 467 g/mol. The first-order chi connectivity index (χ1) is 13.3. The van der Waals surface area contributed by atoms with E-state index in [1.807, 2.05) is 42.5 Å². The van der Waals surface area contributed by atoms with Crippen LogP contribution in [0.5, 0.6) is 0 Å². The molecule has 1 fully saturated rings. The van der Waals surface area contributed by atoms with Crippen molar-refractivity contribution in [1.82, 2.24) is 15.5 Å². The minimum Gasteiger partial charge on any atom is -0.468 e. The third-order valence-electron chi connectivity index (χ3n) is 5.15. The SMILES string of the molecule is CN=C(NCC(CO)c1ccccc1)NCC(c1ccco1)N1CCCC1.I. The standard InChI is InChI=1S/C21H30N4O2.HI/c1-22-21(23-14-18(16-26)17-8-3-2-4-9-17)24-15-19(20-10-7-13-27-20)25-11-5-6-12-25;/h2-4,7-10,13,18-19,26H,5-6,11-12,14-16H2,1H3,(H2,22,23,24);1H. The van der Waals surface area contributed by atoms with Crippen LogP contribution in [0.1, 0.15) is 36.1 Å². The highest BCUT2D eigenvalue weighted by molar-refractivity contribution is 14.0. The first-order valence-electron chi connectivity index (χ1n) is 9.69. The van der Waals surface area contributed by atoms with Gasteiger partial charge in [0.05, 0.1) is 18.9 Å². The molecule has 3 rings (SSSR count). The molecule has 28 heavy (non-hydrogen) atoms. The lowest BCUT2D eigenvalue weighted by molar-refractivity contribution is 0.215. The summed E-state index contributed by atoms with van der Waals surface area (Å²) < 4.78 is 5.67. The van der Waals surface area contributed by atoms with Crippen LogP contribution in [0.25, 0.3) is 0 Å². The molecule has 1 saturated heterocycles. The van der Waals surface area contributed by atoms with Gasteiger partial charge in [0.1, 0.15) is 5.76 Å². The quantitative estimate of drug-likeness (QED) is 0.297. The highest BCUT2D eigenvalue weighted by Gasteiger charge is 2.25. The van der Waals surface area contributed by atoms with Crippen molar-refractivity contribution in [2.24, 2.45) is 4.99 Å². The molecule has 0 spiro atoms. The van der Waals surface area contributed by atoms with Gasteiger partial charge in [-0.15, -0.1) is 24.0 Å². The topological polar surface area (TPSA) is 73.0 Å². The van der Waals surface area contributed by atoms with Gasteiger partial charge in [-0.1, -0.05) is 30.3 Å². The molecule has 2 atom stereocenters. The zero-order valence-electron chi connectivity index (χ0n) is 16.4. The predicted molar refractivity (Wildman–Crippen MR) is 123 cm³/mol. The van der Waals surface area contributed by atoms with Gasteiger partial charge in [-0.05, 0) is 43.6 Å². The second-order valence-corrected chi connectivity index (χ2v) is 6.90. The Kier molecular flexibility index (Phi) is 9.80. The van der Waals surface area contributed by atoms with Crippen LogP contribution in [0.3, 0.4) is 0 Å². The highest BCUT2D eigenvalue weighted by Crippen LogP contribution is 2.24. The van der Waals surface area contributed by atoms with Gasteiger partial charge < -0.3 is 20.2 Å². The van der Waals surface area contributed by atoms with Gasteiger partial charge in [-0.3, -0.25) is 9.89 Å². The predicted octanol–water partition coefficient (Wildman–Crippen LogP) is 2.98. The number of halogens is 1. The molecule has 0 aliphatic carbocycles. The Hall–Kier alpha value is -1.58. The van der Waals surface area contributed by atoms with Crippen LogP contribution < -0.4 is 10.6 Å². The van der Waals surface area contributed by atoms with Crippen molar-refractivity contribution in [3.8, 4) is 0 Å². The summed E-state index contributed by atoms with van der Waals surface area (Å²) >= 11 is 0. The number of aliphatic imine (C=N–C) groups is 1. The summed E-state index contributed by atoms with van der Waals surface area (Å²) in [6.07, 6.45) is 4.20. The Labute approximate surface area is 184 Å². The van der Waals surface area contributed by atoms with Crippen LogP contribution in [-0.2, 0) is 0 Å². The van der Waals surface area contributed by atoms with Crippen molar-refractivity contribution in [2.75, 3.05) is 39.8 Å². The molecule has 6 nitrogen and oxygen atoms in total. The second kappa shape index (κ2) is 12.1. The van der Waals surface area contributed by atoms with Crippen molar-refractivity contribution in [3.05, 3.63) is 60.1 Å². The number of aliphatic hydroxyl groups is 1. The monoisotopic (exact) mass is 498 g/mol. The fourth-order valence-corrected chi connectivity index (χ4v) is 3.59. The average Bonchev–Trinajstić information content (AvgIpc) is 3.42. The van der Waals surface area contributed by atoms with Crippen molar-refractivity contribution < 1.29 is 9.52 Å². The number of nitrogens with zero attached hydrogens (tertiary/aromatic N) is 2. The van der Waals surface area contributed by atoms with E-state index in [1.165, 1.54) is 12.8 Å². The highest BCUT2D eigenvalue weighted by atomic mass is 127. The van der Waals surface area contributed by atoms with E-state index >= 15 is 0 Å². The molecule has 2 heterocycles. The number of hydrogen-bond donors (Lipinski definition) is 3. The number of furan rings is 1. The molecule has 1 aromatic heterocycles. The Balaban J connectivity index is 0.00000280. The number of likely N-dealkylation sites (tertiary alicyclic amines) is 1. The molecule has 0 amide bonds. The van der Waals surface area contributed by atoms with Gasteiger partial charge in [-0.2, -0.15) is 0 Å².